The number of ether oxygens (including phenoxy) is 2. The molecule has 0 aliphatic heterocycles. The van der Waals surface area contributed by atoms with Gasteiger partial charge in [-0.25, -0.2) is 14.1 Å². The van der Waals surface area contributed by atoms with E-state index in [2.05, 4.69) is 0 Å². The lowest BCUT2D eigenvalue weighted by Crippen LogP contribution is -2.32. The molecule has 0 aromatic heterocycles. The summed E-state index contributed by atoms with van der Waals surface area (Å²) in [7, 11) is 0. The van der Waals surface area contributed by atoms with Crippen LogP contribution >= 0.6 is 11.6 Å². The zero-order valence-corrected chi connectivity index (χ0v) is 24.1. The molecule has 0 bridgehead atoms. The zero-order chi connectivity index (χ0) is 30.2. The fourth-order valence-electron chi connectivity index (χ4n) is 4.32. The minimum Gasteiger partial charge on any atom is -0.425 e. The highest BCUT2D eigenvalue weighted by atomic mass is 35.5. The van der Waals surface area contributed by atoms with Gasteiger partial charge in [-0.15, -0.1) is 0 Å². The van der Waals surface area contributed by atoms with Gasteiger partial charge >= 0.3 is 12.1 Å². The molecule has 0 N–H and O–H groups in total. The summed E-state index contributed by atoms with van der Waals surface area (Å²) in [6.07, 6.45) is 1.30. The van der Waals surface area contributed by atoms with E-state index in [9.17, 15) is 18.8 Å². The predicted octanol–water partition coefficient (Wildman–Crippen LogP) is 8.59. The number of hydrogen-bond donors (Lipinski definition) is 0. The lowest BCUT2D eigenvalue weighted by Gasteiger charge is -2.26. The van der Waals surface area contributed by atoms with Crippen molar-refractivity contribution in [2.75, 3.05) is 4.90 Å². The summed E-state index contributed by atoms with van der Waals surface area (Å²) in [5.41, 5.74) is 3.52. The van der Waals surface area contributed by atoms with Crippen LogP contribution in [0.1, 0.15) is 46.0 Å². The molecule has 0 saturated heterocycles. The van der Waals surface area contributed by atoms with E-state index in [4.69, 9.17) is 21.1 Å². The molecule has 0 spiro atoms. The van der Waals surface area contributed by atoms with E-state index in [1.54, 1.807) is 37.3 Å². The molecule has 42 heavy (non-hydrogen) atoms. The number of benzene rings is 4. The van der Waals surface area contributed by atoms with Crippen LogP contribution in [0.3, 0.4) is 0 Å². The Morgan fingerprint density at radius 1 is 0.857 bits per heavy atom. The molecule has 4 rings (SSSR count). The number of nitrogens with zero attached hydrogens (tertiary/aromatic N) is 1. The SMILES string of the molecule is Cc1ccccc1C(=O)c1ccc(N(C(=O)OC(C)OC(=O)C/C=C/c2ccccc2)c2ccc(F)cc2C)cc1Cl. The number of anilines is 2. The molecule has 0 saturated carbocycles. The highest BCUT2D eigenvalue weighted by molar-refractivity contribution is 6.35. The first-order valence-corrected chi connectivity index (χ1v) is 13.6. The monoisotopic (exact) mass is 585 g/mol. The fraction of sp³-hybridized carbons (Fsp3) is 0.147. The summed E-state index contributed by atoms with van der Waals surface area (Å²) in [6.45, 7) is 4.89. The van der Waals surface area contributed by atoms with Gasteiger partial charge in [-0.05, 0) is 66.9 Å². The van der Waals surface area contributed by atoms with E-state index in [-0.39, 0.29) is 28.5 Å². The standard InChI is InChI=1S/C34H29ClFNO5/c1-22-10-7-8-14-28(22)33(39)29-18-17-27(21-30(29)35)37(31-19-16-26(36)20-23(31)2)34(40)42-24(3)41-32(38)15-9-13-25-11-5-4-6-12-25/h4-14,16-21,24H,15H2,1-3H3/b13-9+. The minimum absolute atomic E-state index is 0.0242. The Bertz CT molecular complexity index is 1640. The summed E-state index contributed by atoms with van der Waals surface area (Å²) in [5.74, 6) is -1.33. The molecule has 0 aliphatic rings. The summed E-state index contributed by atoms with van der Waals surface area (Å²) < 4.78 is 24.7. The maximum atomic E-state index is 13.9. The minimum atomic E-state index is -1.23. The molecule has 0 heterocycles. The van der Waals surface area contributed by atoms with Crippen molar-refractivity contribution in [2.24, 2.45) is 0 Å². The number of esters is 1. The number of aryl methyl sites for hydroxylation is 2. The first-order chi connectivity index (χ1) is 20.1. The van der Waals surface area contributed by atoms with Crippen molar-refractivity contribution in [1.29, 1.82) is 0 Å². The van der Waals surface area contributed by atoms with Crippen molar-refractivity contribution in [3.05, 3.63) is 136 Å². The molecule has 8 heteroatoms. The van der Waals surface area contributed by atoms with Gasteiger partial charge in [-0.1, -0.05) is 78.4 Å². The zero-order valence-electron chi connectivity index (χ0n) is 23.3. The number of carbonyl (C=O) groups is 3. The van der Waals surface area contributed by atoms with Crippen molar-refractivity contribution in [1.82, 2.24) is 0 Å². The van der Waals surface area contributed by atoms with Gasteiger partial charge in [0.25, 0.3) is 0 Å². The average Bonchev–Trinajstić information content (AvgIpc) is 2.95. The van der Waals surface area contributed by atoms with Gasteiger partial charge < -0.3 is 9.47 Å². The lowest BCUT2D eigenvalue weighted by molar-refractivity contribution is -0.163. The Morgan fingerprint density at radius 3 is 2.26 bits per heavy atom. The van der Waals surface area contributed by atoms with Gasteiger partial charge in [0.1, 0.15) is 5.82 Å². The Balaban J connectivity index is 1.54. The number of ketones is 1. The van der Waals surface area contributed by atoms with Crippen molar-refractivity contribution in [3.63, 3.8) is 0 Å². The summed E-state index contributed by atoms with van der Waals surface area (Å²) in [5, 5.41) is 0.114. The van der Waals surface area contributed by atoms with Crippen LogP contribution < -0.4 is 4.90 Å². The number of amides is 1. The van der Waals surface area contributed by atoms with E-state index in [0.717, 1.165) is 11.1 Å². The van der Waals surface area contributed by atoms with Crippen LogP contribution in [0.5, 0.6) is 0 Å². The van der Waals surface area contributed by atoms with E-state index < -0.39 is 24.2 Å². The fourth-order valence-corrected chi connectivity index (χ4v) is 4.58. The molecular weight excluding hydrogens is 557 g/mol. The Kier molecular flexibility index (Phi) is 9.89. The first-order valence-electron chi connectivity index (χ1n) is 13.2. The van der Waals surface area contributed by atoms with Crippen molar-refractivity contribution >= 4 is 46.9 Å². The molecule has 4 aromatic rings. The molecule has 1 atom stereocenters. The van der Waals surface area contributed by atoms with Crippen molar-refractivity contribution in [2.45, 2.75) is 33.5 Å². The largest absolute Gasteiger partial charge is 0.425 e. The van der Waals surface area contributed by atoms with Crippen LogP contribution in [-0.4, -0.2) is 24.1 Å². The van der Waals surface area contributed by atoms with Crippen molar-refractivity contribution in [3.8, 4) is 0 Å². The molecule has 6 nitrogen and oxygen atoms in total. The van der Waals surface area contributed by atoms with E-state index in [1.807, 2.05) is 49.4 Å². The Hall–Kier alpha value is -4.75. The summed E-state index contributed by atoms with van der Waals surface area (Å²) in [4.78, 5) is 40.2. The Labute approximate surface area is 249 Å². The molecular formula is C34H29ClFNO5. The van der Waals surface area contributed by atoms with Crippen LogP contribution in [0.15, 0.2) is 97.1 Å². The van der Waals surface area contributed by atoms with Gasteiger partial charge in [0.05, 0.1) is 22.8 Å². The first kappa shape index (κ1) is 30.2. The van der Waals surface area contributed by atoms with E-state index in [0.29, 0.717) is 16.8 Å². The maximum absolute atomic E-state index is 13.9. The van der Waals surface area contributed by atoms with Gasteiger partial charge in [0.15, 0.2) is 5.78 Å². The highest BCUT2D eigenvalue weighted by Gasteiger charge is 2.26. The molecule has 0 aliphatic carbocycles. The molecule has 4 aromatic carbocycles. The second kappa shape index (κ2) is 13.7. The predicted molar refractivity (Wildman–Crippen MR) is 161 cm³/mol. The smallest absolute Gasteiger partial charge is 0.422 e. The van der Waals surface area contributed by atoms with Crippen LogP contribution in [0.4, 0.5) is 20.6 Å². The van der Waals surface area contributed by atoms with Gasteiger partial charge in [0, 0.05) is 18.1 Å². The van der Waals surface area contributed by atoms with Crippen LogP contribution in [-0.2, 0) is 14.3 Å². The second-order valence-corrected chi connectivity index (χ2v) is 9.94. The van der Waals surface area contributed by atoms with Gasteiger partial charge in [0.2, 0.25) is 6.29 Å². The number of hydrogen-bond acceptors (Lipinski definition) is 5. The highest BCUT2D eigenvalue weighted by Crippen LogP contribution is 2.34. The van der Waals surface area contributed by atoms with Crippen LogP contribution in [0, 0.1) is 19.7 Å². The summed E-state index contributed by atoms with van der Waals surface area (Å²) in [6, 6.07) is 25.1. The molecule has 214 valence electrons. The maximum Gasteiger partial charge on any atom is 0.422 e. The van der Waals surface area contributed by atoms with Gasteiger partial charge in [-0.3, -0.25) is 9.59 Å². The van der Waals surface area contributed by atoms with E-state index >= 15 is 0 Å². The molecule has 0 radical (unpaired) electrons. The third kappa shape index (κ3) is 7.50. The Morgan fingerprint density at radius 2 is 1.57 bits per heavy atom. The molecule has 1 amide bonds. The second-order valence-electron chi connectivity index (χ2n) is 9.53. The number of carbonyl (C=O) groups excluding carboxylic acids is 3. The average molecular weight is 586 g/mol. The third-order valence-corrected chi connectivity index (χ3v) is 6.70. The normalized spacial score (nSPS) is 11.6. The number of rotatable bonds is 9. The van der Waals surface area contributed by atoms with Crippen molar-refractivity contribution < 1.29 is 28.2 Å². The van der Waals surface area contributed by atoms with Gasteiger partial charge in [-0.2, -0.15) is 0 Å². The molecule has 1 unspecified atom stereocenters. The molecule has 0 fully saturated rings. The third-order valence-electron chi connectivity index (χ3n) is 6.39. The van der Waals surface area contributed by atoms with E-state index in [1.165, 1.54) is 42.2 Å². The number of halogens is 2. The van der Waals surface area contributed by atoms with Crippen LogP contribution in [0.25, 0.3) is 6.08 Å². The van der Waals surface area contributed by atoms with Crippen LogP contribution in [0.2, 0.25) is 5.02 Å². The lowest BCUT2D eigenvalue weighted by atomic mass is 9.99. The quantitative estimate of drug-likeness (QED) is 0.112. The summed E-state index contributed by atoms with van der Waals surface area (Å²) >= 11 is 6.56. The topological polar surface area (TPSA) is 72.9 Å².